The zero-order valence-electron chi connectivity index (χ0n) is 13.3. The van der Waals surface area contributed by atoms with E-state index in [2.05, 4.69) is 4.90 Å². The first-order valence-corrected chi connectivity index (χ1v) is 7.95. The number of hydrogen-bond acceptors (Lipinski definition) is 5. The monoisotopic (exact) mass is 321 g/mol. The number of carbonyl (C=O) groups is 1. The predicted molar refractivity (Wildman–Crippen MR) is 85.2 cm³/mol. The number of carbonyl (C=O) groups excluding carboxylic acids is 1. The van der Waals surface area contributed by atoms with Crippen molar-refractivity contribution in [3.8, 4) is 0 Å². The second-order valence-corrected chi connectivity index (χ2v) is 6.68. The molecule has 0 aromatic carbocycles. The number of anilines is 1. The van der Waals surface area contributed by atoms with Crippen LogP contribution in [0.25, 0.3) is 0 Å². The molecule has 126 valence electrons. The second kappa shape index (κ2) is 6.07. The zero-order valence-corrected chi connectivity index (χ0v) is 13.3. The third-order valence-electron chi connectivity index (χ3n) is 4.88. The third kappa shape index (κ3) is 2.91. The van der Waals surface area contributed by atoms with Gasteiger partial charge >= 0.3 is 0 Å². The fourth-order valence-electron chi connectivity index (χ4n) is 3.63. The van der Waals surface area contributed by atoms with E-state index in [4.69, 9.17) is 5.11 Å². The van der Waals surface area contributed by atoms with Gasteiger partial charge in [0.15, 0.2) is 0 Å². The Kier molecular flexibility index (Phi) is 4.27. The molecule has 2 aliphatic heterocycles. The van der Waals surface area contributed by atoms with Crippen LogP contribution in [0, 0.1) is 5.41 Å². The van der Waals surface area contributed by atoms with Crippen LogP contribution in [0.2, 0.25) is 0 Å². The van der Waals surface area contributed by atoms with Crippen molar-refractivity contribution in [2.45, 2.75) is 18.9 Å². The van der Waals surface area contributed by atoms with Crippen molar-refractivity contribution < 1.29 is 15.0 Å². The SMILES string of the molecule is Cn1cc(N2C[C@@]3(CCCN(C[C@H](O)CO)C3)C2=O)ccc1=O. The predicted octanol–water partition coefficient (Wildman–Crippen LogP) is -0.833. The summed E-state index contributed by atoms with van der Waals surface area (Å²) in [5.41, 5.74) is 0.260. The van der Waals surface area contributed by atoms with Gasteiger partial charge < -0.3 is 19.7 Å². The van der Waals surface area contributed by atoms with Gasteiger partial charge in [-0.05, 0) is 25.5 Å². The van der Waals surface area contributed by atoms with Crippen molar-refractivity contribution in [3.05, 3.63) is 28.7 Å². The number of aliphatic hydroxyl groups excluding tert-OH is 2. The Hall–Kier alpha value is -1.70. The van der Waals surface area contributed by atoms with Crippen LogP contribution in [0.15, 0.2) is 23.1 Å². The molecule has 0 bridgehead atoms. The number of aliphatic hydroxyl groups is 2. The van der Waals surface area contributed by atoms with Crippen LogP contribution in [-0.2, 0) is 11.8 Å². The highest BCUT2D eigenvalue weighted by molar-refractivity contribution is 6.04. The number of rotatable bonds is 4. The van der Waals surface area contributed by atoms with Gasteiger partial charge in [0, 0.05) is 38.9 Å². The molecule has 23 heavy (non-hydrogen) atoms. The van der Waals surface area contributed by atoms with E-state index in [1.165, 1.54) is 10.6 Å². The molecule has 7 nitrogen and oxygen atoms in total. The highest BCUT2D eigenvalue weighted by atomic mass is 16.3. The Bertz CT molecular complexity index is 659. The first kappa shape index (κ1) is 16.2. The van der Waals surface area contributed by atoms with Gasteiger partial charge in [-0.1, -0.05) is 0 Å². The normalized spacial score (nSPS) is 26.4. The van der Waals surface area contributed by atoms with Crippen LogP contribution in [0.5, 0.6) is 0 Å². The average Bonchev–Trinajstić information content (AvgIpc) is 2.55. The molecule has 0 unspecified atom stereocenters. The molecular weight excluding hydrogens is 298 g/mol. The van der Waals surface area contributed by atoms with E-state index in [-0.39, 0.29) is 23.5 Å². The smallest absolute Gasteiger partial charge is 0.250 e. The van der Waals surface area contributed by atoms with Crippen LogP contribution >= 0.6 is 0 Å². The number of hydrogen-bond donors (Lipinski definition) is 2. The third-order valence-corrected chi connectivity index (χ3v) is 4.88. The number of pyridine rings is 1. The highest BCUT2D eigenvalue weighted by Gasteiger charge is 2.54. The van der Waals surface area contributed by atoms with Gasteiger partial charge in [-0.15, -0.1) is 0 Å². The maximum atomic E-state index is 12.7. The van der Waals surface area contributed by atoms with Crippen molar-refractivity contribution in [1.82, 2.24) is 9.47 Å². The summed E-state index contributed by atoms with van der Waals surface area (Å²) in [6.07, 6.45) is 2.67. The fourth-order valence-corrected chi connectivity index (χ4v) is 3.63. The Morgan fingerprint density at radius 2 is 2.09 bits per heavy atom. The van der Waals surface area contributed by atoms with Crippen molar-refractivity contribution in [3.63, 3.8) is 0 Å². The average molecular weight is 321 g/mol. The molecule has 7 heteroatoms. The minimum atomic E-state index is -0.764. The van der Waals surface area contributed by atoms with E-state index in [0.29, 0.717) is 19.6 Å². The molecule has 3 heterocycles. The largest absolute Gasteiger partial charge is 0.394 e. The van der Waals surface area contributed by atoms with Crippen LogP contribution in [-0.4, -0.2) is 64.5 Å². The van der Waals surface area contributed by atoms with E-state index >= 15 is 0 Å². The first-order valence-electron chi connectivity index (χ1n) is 7.95. The van der Waals surface area contributed by atoms with E-state index < -0.39 is 6.10 Å². The fraction of sp³-hybridized carbons (Fsp3) is 0.625. The maximum absolute atomic E-state index is 12.7. The first-order chi connectivity index (χ1) is 10.9. The lowest BCUT2D eigenvalue weighted by atomic mass is 9.72. The Balaban J connectivity index is 1.70. The molecule has 1 amide bonds. The van der Waals surface area contributed by atoms with Gasteiger partial charge in [-0.25, -0.2) is 0 Å². The summed E-state index contributed by atoms with van der Waals surface area (Å²) < 4.78 is 1.47. The summed E-state index contributed by atoms with van der Waals surface area (Å²) in [5.74, 6) is 0.0827. The summed E-state index contributed by atoms with van der Waals surface area (Å²) in [5, 5.41) is 18.6. The summed E-state index contributed by atoms with van der Waals surface area (Å²) in [7, 11) is 1.67. The standard InChI is InChI=1S/C16H23N3O4/c1-17-7-12(3-4-14(17)22)19-11-16(15(19)23)5-2-6-18(10-16)8-13(21)9-20/h3-4,7,13,20-21H,2,5-6,8-11H2,1H3/t13-,16-/m0/s1. The lowest BCUT2D eigenvalue weighted by Gasteiger charge is -2.53. The van der Waals surface area contributed by atoms with Crippen LogP contribution in [0.1, 0.15) is 12.8 Å². The Morgan fingerprint density at radius 1 is 1.30 bits per heavy atom. The molecule has 1 aromatic rings. The number of aryl methyl sites for hydroxylation is 1. The quantitative estimate of drug-likeness (QED) is 0.707. The number of nitrogens with zero attached hydrogens (tertiary/aromatic N) is 3. The van der Waals surface area contributed by atoms with Crippen LogP contribution in [0.3, 0.4) is 0 Å². The van der Waals surface area contributed by atoms with E-state index in [0.717, 1.165) is 25.1 Å². The maximum Gasteiger partial charge on any atom is 0.250 e. The van der Waals surface area contributed by atoms with Gasteiger partial charge in [0.25, 0.3) is 0 Å². The summed E-state index contributed by atoms with van der Waals surface area (Å²) in [6.45, 7) is 2.22. The zero-order chi connectivity index (χ0) is 16.6. The van der Waals surface area contributed by atoms with Gasteiger partial charge in [0.1, 0.15) is 0 Å². The molecule has 3 rings (SSSR count). The number of β-lactam (4-membered cyclic amide) rings is 1. The van der Waals surface area contributed by atoms with E-state index in [9.17, 15) is 14.7 Å². The molecule has 2 saturated heterocycles. The Morgan fingerprint density at radius 3 is 2.74 bits per heavy atom. The second-order valence-electron chi connectivity index (χ2n) is 6.68. The molecule has 1 spiro atoms. The van der Waals surface area contributed by atoms with Gasteiger partial charge in [-0.3, -0.25) is 14.5 Å². The molecule has 0 saturated carbocycles. The molecular formula is C16H23N3O4. The molecule has 0 aliphatic carbocycles. The minimum absolute atomic E-state index is 0.0827. The van der Waals surface area contributed by atoms with Crippen LogP contribution in [0.4, 0.5) is 5.69 Å². The van der Waals surface area contributed by atoms with Crippen molar-refractivity contribution >= 4 is 11.6 Å². The number of piperidine rings is 1. The number of amides is 1. The summed E-state index contributed by atoms with van der Waals surface area (Å²) in [4.78, 5) is 28.0. The number of β-amino-alcohol motifs (C(OH)–C–C–N with tert-alkyl or cyclic N) is 1. The lowest BCUT2D eigenvalue weighted by Crippen LogP contribution is -2.67. The van der Waals surface area contributed by atoms with Crippen molar-refractivity contribution in [2.24, 2.45) is 12.5 Å². The van der Waals surface area contributed by atoms with Gasteiger partial charge in [-0.2, -0.15) is 0 Å². The molecule has 0 radical (unpaired) electrons. The molecule has 2 aliphatic rings. The number of likely N-dealkylation sites (tertiary alicyclic amines) is 1. The van der Waals surface area contributed by atoms with Crippen molar-refractivity contribution in [1.29, 1.82) is 0 Å². The van der Waals surface area contributed by atoms with Crippen molar-refractivity contribution in [2.75, 3.05) is 37.7 Å². The van der Waals surface area contributed by atoms with E-state index in [1.807, 2.05) is 0 Å². The summed E-state index contributed by atoms with van der Waals surface area (Å²) in [6, 6.07) is 3.15. The molecule has 2 fully saturated rings. The minimum Gasteiger partial charge on any atom is -0.394 e. The Labute approximate surface area is 134 Å². The topological polar surface area (TPSA) is 86.0 Å². The van der Waals surface area contributed by atoms with Gasteiger partial charge in [0.05, 0.1) is 23.8 Å². The highest BCUT2D eigenvalue weighted by Crippen LogP contribution is 2.42. The summed E-state index contributed by atoms with van der Waals surface area (Å²) >= 11 is 0. The van der Waals surface area contributed by atoms with Gasteiger partial charge in [0.2, 0.25) is 11.5 Å². The lowest BCUT2D eigenvalue weighted by molar-refractivity contribution is -0.140. The molecule has 2 atom stereocenters. The molecule has 1 aromatic heterocycles. The van der Waals surface area contributed by atoms with E-state index in [1.54, 1.807) is 24.2 Å². The van der Waals surface area contributed by atoms with Crippen LogP contribution < -0.4 is 10.5 Å². The molecule has 2 N–H and O–H groups in total. The number of aromatic nitrogens is 1.